The van der Waals surface area contributed by atoms with Gasteiger partial charge in [0.2, 0.25) is 5.91 Å². The summed E-state index contributed by atoms with van der Waals surface area (Å²) in [5.74, 6) is -0.422. The van der Waals surface area contributed by atoms with Crippen LogP contribution in [0.2, 0.25) is 0 Å². The topological polar surface area (TPSA) is 90.3 Å². The fourth-order valence-electron chi connectivity index (χ4n) is 3.70. The van der Waals surface area contributed by atoms with Crippen molar-refractivity contribution in [3.8, 4) is 11.1 Å². The number of hydrogen-bond acceptors (Lipinski definition) is 6. The van der Waals surface area contributed by atoms with E-state index in [4.69, 9.17) is 4.74 Å². The first-order valence-electron chi connectivity index (χ1n) is 11.5. The van der Waals surface area contributed by atoms with Crippen LogP contribution < -0.4 is 10.9 Å². The summed E-state index contributed by atoms with van der Waals surface area (Å²) in [6, 6.07) is 14.7. The van der Waals surface area contributed by atoms with E-state index in [-0.39, 0.29) is 12.1 Å². The third kappa shape index (κ3) is 5.49. The predicted octanol–water partition coefficient (Wildman–Crippen LogP) is 5.45. The number of benzene rings is 2. The van der Waals surface area contributed by atoms with E-state index in [0.29, 0.717) is 34.0 Å². The van der Waals surface area contributed by atoms with Crippen molar-refractivity contribution >= 4 is 39.1 Å². The van der Waals surface area contributed by atoms with Crippen molar-refractivity contribution in [1.29, 1.82) is 0 Å². The summed E-state index contributed by atoms with van der Waals surface area (Å²) in [5, 5.41) is 5.17. The molecule has 7 nitrogen and oxygen atoms in total. The molecule has 0 atom stereocenters. The molecule has 0 saturated carbocycles. The van der Waals surface area contributed by atoms with Crippen LogP contribution in [0.4, 0.5) is 5.69 Å². The molecule has 4 rings (SSSR count). The van der Waals surface area contributed by atoms with Crippen LogP contribution in [0, 0.1) is 0 Å². The van der Waals surface area contributed by atoms with Gasteiger partial charge in [0.05, 0.1) is 23.9 Å². The van der Waals surface area contributed by atoms with Gasteiger partial charge in [0.15, 0.2) is 0 Å². The summed E-state index contributed by atoms with van der Waals surface area (Å²) in [5.41, 5.74) is 3.50. The number of thiophene rings is 1. The number of anilines is 1. The zero-order chi connectivity index (χ0) is 24.9. The molecule has 1 amide bonds. The van der Waals surface area contributed by atoms with E-state index >= 15 is 0 Å². The number of esters is 1. The molecule has 2 aromatic heterocycles. The van der Waals surface area contributed by atoms with Gasteiger partial charge in [-0.15, -0.1) is 11.3 Å². The first-order chi connectivity index (χ1) is 16.9. The summed E-state index contributed by atoms with van der Waals surface area (Å²) < 4.78 is 6.44. The summed E-state index contributed by atoms with van der Waals surface area (Å²) >= 11 is 1.40. The maximum atomic E-state index is 13.3. The fourth-order valence-corrected chi connectivity index (χ4v) is 4.60. The van der Waals surface area contributed by atoms with Crippen molar-refractivity contribution in [2.75, 3.05) is 11.9 Å². The van der Waals surface area contributed by atoms with Gasteiger partial charge in [0, 0.05) is 16.6 Å². The molecular weight excluding hydrogens is 462 g/mol. The summed E-state index contributed by atoms with van der Waals surface area (Å²) in [4.78, 5) is 43.1. The number of amides is 1. The second-order valence-corrected chi connectivity index (χ2v) is 9.41. The highest BCUT2D eigenvalue weighted by molar-refractivity contribution is 7.17. The first-order valence-corrected chi connectivity index (χ1v) is 12.4. The van der Waals surface area contributed by atoms with E-state index in [0.717, 1.165) is 17.5 Å². The number of nitrogens with one attached hydrogen (secondary N) is 1. The summed E-state index contributed by atoms with van der Waals surface area (Å²) in [7, 11) is 0. The minimum absolute atomic E-state index is 0.201. The van der Waals surface area contributed by atoms with Crippen LogP contribution in [0.25, 0.3) is 21.3 Å². The number of ether oxygens (including phenoxy) is 1. The molecule has 0 aliphatic carbocycles. The Bertz CT molecular complexity index is 1420. The molecule has 35 heavy (non-hydrogen) atoms. The molecule has 0 saturated heterocycles. The summed E-state index contributed by atoms with van der Waals surface area (Å²) in [6.07, 6.45) is 2.12. The molecular formula is C27H27N3O4S. The highest BCUT2D eigenvalue weighted by Gasteiger charge is 2.16. The van der Waals surface area contributed by atoms with Crippen molar-refractivity contribution in [2.45, 2.75) is 39.7 Å². The third-order valence-corrected chi connectivity index (χ3v) is 6.47. The Morgan fingerprint density at radius 3 is 2.63 bits per heavy atom. The molecule has 0 unspecified atom stereocenters. The Kier molecular flexibility index (Phi) is 7.41. The molecule has 8 heteroatoms. The van der Waals surface area contributed by atoms with Crippen LogP contribution in [0.5, 0.6) is 0 Å². The van der Waals surface area contributed by atoms with Gasteiger partial charge in [0.1, 0.15) is 11.4 Å². The van der Waals surface area contributed by atoms with Crippen LogP contribution in [0.3, 0.4) is 0 Å². The van der Waals surface area contributed by atoms with Gasteiger partial charge < -0.3 is 10.1 Å². The normalized spacial score (nSPS) is 11.1. The Morgan fingerprint density at radius 1 is 1.14 bits per heavy atom. The van der Waals surface area contributed by atoms with E-state index < -0.39 is 11.9 Å². The number of hydrogen-bond donors (Lipinski definition) is 1. The lowest BCUT2D eigenvalue weighted by atomic mass is 9.99. The molecule has 0 aliphatic heterocycles. The van der Waals surface area contributed by atoms with E-state index in [2.05, 4.69) is 36.3 Å². The second-order valence-electron chi connectivity index (χ2n) is 8.55. The van der Waals surface area contributed by atoms with E-state index in [1.165, 1.54) is 27.8 Å². The number of carbonyl (C=O) groups is 2. The lowest BCUT2D eigenvalue weighted by Crippen LogP contribution is -2.27. The predicted molar refractivity (Wildman–Crippen MR) is 139 cm³/mol. The van der Waals surface area contributed by atoms with Gasteiger partial charge in [-0.25, -0.2) is 9.78 Å². The maximum Gasteiger partial charge on any atom is 0.338 e. The minimum atomic E-state index is -0.444. The number of rotatable bonds is 8. The number of fused-ring (bicyclic) bond motifs is 1. The van der Waals surface area contributed by atoms with Crippen molar-refractivity contribution < 1.29 is 14.3 Å². The highest BCUT2D eigenvalue weighted by atomic mass is 32.1. The fraction of sp³-hybridized carbons (Fsp3) is 0.259. The average molecular weight is 490 g/mol. The van der Waals surface area contributed by atoms with Gasteiger partial charge in [0.25, 0.3) is 5.56 Å². The van der Waals surface area contributed by atoms with E-state index in [1.54, 1.807) is 24.3 Å². The van der Waals surface area contributed by atoms with Crippen LogP contribution in [-0.2, 0) is 16.1 Å². The molecule has 0 radical (unpaired) electrons. The molecule has 180 valence electrons. The molecule has 0 spiro atoms. The molecule has 1 N–H and O–H groups in total. The second kappa shape index (κ2) is 10.7. The van der Waals surface area contributed by atoms with Crippen molar-refractivity contribution in [2.24, 2.45) is 0 Å². The van der Waals surface area contributed by atoms with Crippen molar-refractivity contribution in [3.63, 3.8) is 0 Å². The standard InChI is InChI=1S/C27H27N3O4S/c1-4-12-34-27(33)20-6-5-7-21(13-20)29-23(31)14-30-16-28-25-24(26(30)32)22(15-35-25)19-10-8-18(9-11-19)17(2)3/h5-11,13,15-17H,4,12,14H2,1-3H3,(H,29,31). The Hall–Kier alpha value is -3.78. The molecule has 2 aromatic carbocycles. The van der Waals surface area contributed by atoms with Crippen LogP contribution in [0.1, 0.15) is 49.0 Å². The Labute approximate surface area is 207 Å². The average Bonchev–Trinajstić information content (AvgIpc) is 3.29. The third-order valence-electron chi connectivity index (χ3n) is 5.58. The van der Waals surface area contributed by atoms with Gasteiger partial charge in [-0.3, -0.25) is 14.2 Å². The molecule has 0 fully saturated rings. The quantitative estimate of drug-likeness (QED) is 0.332. The van der Waals surface area contributed by atoms with Gasteiger partial charge in [-0.1, -0.05) is 51.1 Å². The van der Waals surface area contributed by atoms with Crippen LogP contribution in [-0.4, -0.2) is 28.0 Å². The molecule has 0 bridgehead atoms. The largest absolute Gasteiger partial charge is 0.462 e. The minimum Gasteiger partial charge on any atom is -0.462 e. The zero-order valence-corrected chi connectivity index (χ0v) is 20.7. The van der Waals surface area contributed by atoms with Gasteiger partial charge in [-0.2, -0.15) is 0 Å². The smallest absolute Gasteiger partial charge is 0.338 e. The SMILES string of the molecule is CCCOC(=O)c1cccc(NC(=O)Cn2cnc3scc(-c4ccc(C(C)C)cc4)c3c2=O)c1. The maximum absolute atomic E-state index is 13.3. The lowest BCUT2D eigenvalue weighted by molar-refractivity contribution is -0.116. The zero-order valence-electron chi connectivity index (χ0n) is 19.9. The number of carbonyl (C=O) groups excluding carboxylic acids is 2. The first kappa shape index (κ1) is 24.3. The van der Waals surface area contributed by atoms with E-state index in [9.17, 15) is 14.4 Å². The van der Waals surface area contributed by atoms with Crippen molar-refractivity contribution in [1.82, 2.24) is 9.55 Å². The molecule has 2 heterocycles. The van der Waals surface area contributed by atoms with Gasteiger partial charge >= 0.3 is 5.97 Å². The Balaban J connectivity index is 1.55. The summed E-state index contributed by atoms with van der Waals surface area (Å²) in [6.45, 7) is 6.32. The molecule has 4 aromatic rings. The number of nitrogens with zero attached hydrogens (tertiary/aromatic N) is 2. The molecule has 0 aliphatic rings. The van der Waals surface area contributed by atoms with Crippen LogP contribution >= 0.6 is 11.3 Å². The van der Waals surface area contributed by atoms with Crippen molar-refractivity contribution in [3.05, 3.63) is 81.7 Å². The van der Waals surface area contributed by atoms with Crippen LogP contribution in [0.15, 0.2) is 65.0 Å². The number of aromatic nitrogens is 2. The van der Waals surface area contributed by atoms with Gasteiger partial charge in [-0.05, 0) is 41.7 Å². The highest BCUT2D eigenvalue weighted by Crippen LogP contribution is 2.31. The lowest BCUT2D eigenvalue weighted by Gasteiger charge is -2.09. The monoisotopic (exact) mass is 489 g/mol. The Morgan fingerprint density at radius 2 is 1.91 bits per heavy atom. The van der Waals surface area contributed by atoms with E-state index in [1.807, 2.05) is 24.4 Å².